The second-order valence-corrected chi connectivity index (χ2v) is 3.37. The Bertz CT molecular complexity index is 182. The summed E-state index contributed by atoms with van der Waals surface area (Å²) in [5.41, 5.74) is -3.08. The zero-order valence-corrected chi connectivity index (χ0v) is 7.41. The molecule has 0 spiro atoms. The Balaban J connectivity index is 5.04. The number of hydrogen-bond donors (Lipinski definition) is 1. The Hall–Kier alpha value is -0.390. The molecular weight excluding hydrogens is 195 g/mol. The van der Waals surface area contributed by atoms with Crippen molar-refractivity contribution in [1.29, 1.82) is 0 Å². The second-order valence-electron chi connectivity index (χ2n) is 3.37. The van der Waals surface area contributed by atoms with Crippen LogP contribution in [0.2, 0.25) is 0 Å². The monoisotopic (exact) mass is 206 g/mol. The average molecular weight is 206 g/mol. The maximum atomic E-state index is 12.6. The Labute approximate surface area is 72.6 Å². The fraction of sp³-hybridized carbons (Fsp3) is 1.00. The third-order valence-electron chi connectivity index (χ3n) is 2.12. The van der Waals surface area contributed by atoms with Crippen molar-refractivity contribution in [1.82, 2.24) is 0 Å². The minimum atomic E-state index is -5.72. The molecule has 0 saturated heterocycles. The lowest BCUT2D eigenvalue weighted by atomic mass is 9.85. The van der Waals surface area contributed by atoms with Gasteiger partial charge in [0.2, 0.25) is 0 Å². The van der Waals surface area contributed by atoms with Gasteiger partial charge in [0.05, 0.1) is 0 Å². The van der Waals surface area contributed by atoms with E-state index in [1.165, 1.54) is 0 Å². The van der Waals surface area contributed by atoms with Crippen molar-refractivity contribution in [2.24, 2.45) is 5.92 Å². The summed E-state index contributed by atoms with van der Waals surface area (Å²) < 4.78 is 60.5. The van der Waals surface area contributed by atoms with E-state index in [1.54, 1.807) is 0 Å². The Kier molecular flexibility index (Phi) is 2.98. The van der Waals surface area contributed by atoms with E-state index in [0.717, 1.165) is 13.8 Å². The van der Waals surface area contributed by atoms with Crippen molar-refractivity contribution in [3.63, 3.8) is 0 Å². The molecule has 0 amide bonds. The van der Waals surface area contributed by atoms with E-state index in [9.17, 15) is 22.0 Å². The van der Waals surface area contributed by atoms with E-state index >= 15 is 0 Å². The minimum Gasteiger partial charge on any atom is -0.383 e. The molecule has 0 aliphatic carbocycles. The molecule has 0 rings (SSSR count). The fourth-order valence-corrected chi connectivity index (χ4v) is 0.650. The molecule has 1 unspecified atom stereocenters. The molecule has 80 valence electrons. The number of hydrogen-bond acceptors (Lipinski definition) is 1. The smallest absolute Gasteiger partial charge is 0.383 e. The van der Waals surface area contributed by atoms with Crippen LogP contribution < -0.4 is 0 Å². The molecule has 0 aromatic rings. The van der Waals surface area contributed by atoms with Crippen LogP contribution in [0.4, 0.5) is 22.0 Å². The van der Waals surface area contributed by atoms with Gasteiger partial charge in [0.15, 0.2) is 0 Å². The molecule has 1 atom stereocenters. The molecule has 0 aliphatic rings. The summed E-state index contributed by atoms with van der Waals surface area (Å²) >= 11 is 0. The van der Waals surface area contributed by atoms with Crippen molar-refractivity contribution >= 4 is 0 Å². The molecule has 0 fully saturated rings. The zero-order chi connectivity index (χ0) is 11.1. The highest BCUT2D eigenvalue weighted by atomic mass is 19.4. The first-order valence-corrected chi connectivity index (χ1v) is 3.61. The molecule has 0 radical (unpaired) electrons. The van der Waals surface area contributed by atoms with Gasteiger partial charge in [-0.25, -0.2) is 0 Å². The molecule has 0 heterocycles. The number of halogens is 5. The van der Waals surface area contributed by atoms with Gasteiger partial charge >= 0.3 is 12.1 Å². The summed E-state index contributed by atoms with van der Waals surface area (Å²) in [5.74, 6) is -6.28. The maximum absolute atomic E-state index is 12.6. The first-order chi connectivity index (χ1) is 5.44. The zero-order valence-electron chi connectivity index (χ0n) is 7.41. The van der Waals surface area contributed by atoms with E-state index in [-0.39, 0.29) is 0 Å². The Morgan fingerprint density at radius 1 is 1.00 bits per heavy atom. The highest BCUT2D eigenvalue weighted by molar-refractivity contribution is 4.96. The lowest BCUT2D eigenvalue weighted by Gasteiger charge is -2.36. The third kappa shape index (κ3) is 1.92. The van der Waals surface area contributed by atoms with Gasteiger partial charge in [0.1, 0.15) is 5.60 Å². The standard InChI is InChI=1S/C7H11F5O/c1-4(2)5(3,13)6(8,9)7(10,11)12/h4,13H,1-3H3. The first kappa shape index (κ1) is 12.6. The van der Waals surface area contributed by atoms with Gasteiger partial charge in [-0.3, -0.25) is 0 Å². The van der Waals surface area contributed by atoms with Crippen molar-refractivity contribution in [3.8, 4) is 0 Å². The summed E-state index contributed by atoms with van der Waals surface area (Å²) in [6.07, 6.45) is -5.72. The highest BCUT2D eigenvalue weighted by Gasteiger charge is 2.68. The van der Waals surface area contributed by atoms with Crippen LogP contribution in [-0.4, -0.2) is 22.8 Å². The van der Waals surface area contributed by atoms with E-state index < -0.39 is 23.6 Å². The van der Waals surface area contributed by atoms with Gasteiger partial charge in [-0.1, -0.05) is 13.8 Å². The third-order valence-corrected chi connectivity index (χ3v) is 2.12. The van der Waals surface area contributed by atoms with Crippen molar-refractivity contribution in [2.45, 2.75) is 38.5 Å². The topological polar surface area (TPSA) is 20.2 Å². The van der Waals surface area contributed by atoms with Gasteiger partial charge in [0.25, 0.3) is 0 Å². The van der Waals surface area contributed by atoms with Crippen LogP contribution in [0.25, 0.3) is 0 Å². The summed E-state index contributed by atoms with van der Waals surface area (Å²) in [7, 11) is 0. The molecule has 0 aromatic heterocycles. The summed E-state index contributed by atoms with van der Waals surface area (Å²) in [6, 6.07) is 0. The molecule has 13 heavy (non-hydrogen) atoms. The second kappa shape index (κ2) is 3.08. The van der Waals surface area contributed by atoms with Crippen molar-refractivity contribution in [2.75, 3.05) is 0 Å². The summed E-state index contributed by atoms with van der Waals surface area (Å²) in [4.78, 5) is 0. The van der Waals surface area contributed by atoms with Gasteiger partial charge < -0.3 is 5.11 Å². The quantitative estimate of drug-likeness (QED) is 0.688. The fourth-order valence-electron chi connectivity index (χ4n) is 0.650. The predicted molar refractivity (Wildman–Crippen MR) is 36.5 cm³/mol. The van der Waals surface area contributed by atoms with E-state index in [2.05, 4.69) is 0 Å². The van der Waals surface area contributed by atoms with E-state index in [0.29, 0.717) is 6.92 Å². The SMILES string of the molecule is CC(C)C(C)(O)C(F)(F)C(F)(F)F. The van der Waals surface area contributed by atoms with Crippen LogP contribution in [0.3, 0.4) is 0 Å². The molecule has 0 aromatic carbocycles. The Morgan fingerprint density at radius 3 is 1.38 bits per heavy atom. The van der Waals surface area contributed by atoms with Gasteiger partial charge in [-0.05, 0) is 12.8 Å². The maximum Gasteiger partial charge on any atom is 0.456 e. The first-order valence-electron chi connectivity index (χ1n) is 3.61. The Morgan fingerprint density at radius 2 is 1.31 bits per heavy atom. The normalized spacial score (nSPS) is 18.9. The average Bonchev–Trinajstić information content (AvgIpc) is 1.84. The van der Waals surface area contributed by atoms with Crippen molar-refractivity contribution in [3.05, 3.63) is 0 Å². The van der Waals surface area contributed by atoms with Crippen LogP contribution in [0.1, 0.15) is 20.8 Å². The molecule has 0 aliphatic heterocycles. The molecule has 1 nitrogen and oxygen atoms in total. The van der Waals surface area contributed by atoms with Gasteiger partial charge in [0, 0.05) is 0 Å². The lowest BCUT2D eigenvalue weighted by Crippen LogP contribution is -2.58. The van der Waals surface area contributed by atoms with Gasteiger partial charge in [-0.15, -0.1) is 0 Å². The summed E-state index contributed by atoms with van der Waals surface area (Å²) in [5, 5.41) is 8.99. The lowest BCUT2D eigenvalue weighted by molar-refractivity contribution is -0.345. The van der Waals surface area contributed by atoms with Gasteiger partial charge in [-0.2, -0.15) is 22.0 Å². The predicted octanol–water partition coefficient (Wildman–Crippen LogP) is 2.59. The van der Waals surface area contributed by atoms with Crippen LogP contribution in [0.15, 0.2) is 0 Å². The van der Waals surface area contributed by atoms with Crippen LogP contribution >= 0.6 is 0 Å². The van der Waals surface area contributed by atoms with Crippen LogP contribution in [-0.2, 0) is 0 Å². The number of alkyl halides is 5. The van der Waals surface area contributed by atoms with Crippen LogP contribution in [0, 0.1) is 5.92 Å². The van der Waals surface area contributed by atoms with Crippen LogP contribution in [0.5, 0.6) is 0 Å². The molecule has 6 heteroatoms. The molecule has 1 N–H and O–H groups in total. The largest absolute Gasteiger partial charge is 0.456 e. The van der Waals surface area contributed by atoms with E-state index in [1.807, 2.05) is 0 Å². The van der Waals surface area contributed by atoms with Crippen molar-refractivity contribution < 1.29 is 27.1 Å². The minimum absolute atomic E-state index is 0.477. The summed E-state index contributed by atoms with van der Waals surface area (Å²) in [6.45, 7) is 2.67. The molecular formula is C7H11F5O. The number of rotatable bonds is 2. The number of aliphatic hydroxyl groups is 1. The molecule has 0 saturated carbocycles. The molecule has 0 bridgehead atoms. The van der Waals surface area contributed by atoms with E-state index in [4.69, 9.17) is 5.11 Å². The highest BCUT2D eigenvalue weighted by Crippen LogP contribution is 2.46.